The normalized spacial score (nSPS) is 17.6. The van der Waals surface area contributed by atoms with Gasteiger partial charge in [-0.3, -0.25) is 14.2 Å². The van der Waals surface area contributed by atoms with Crippen LogP contribution in [-0.4, -0.2) is 38.9 Å². The lowest BCUT2D eigenvalue weighted by Crippen LogP contribution is -2.36. The van der Waals surface area contributed by atoms with Gasteiger partial charge in [-0.1, -0.05) is 72.0 Å². The van der Waals surface area contributed by atoms with Crippen molar-refractivity contribution in [1.82, 2.24) is 14.5 Å². The van der Waals surface area contributed by atoms with Crippen LogP contribution in [0.4, 0.5) is 5.13 Å². The molecule has 0 amide bonds. The van der Waals surface area contributed by atoms with Crippen LogP contribution < -0.4 is 16.2 Å². The molecule has 0 bridgehead atoms. The van der Waals surface area contributed by atoms with Crippen molar-refractivity contribution in [3.63, 3.8) is 0 Å². The first-order valence-electron chi connectivity index (χ1n) is 11.0. The van der Waals surface area contributed by atoms with Gasteiger partial charge in [0, 0.05) is 31.6 Å². The van der Waals surface area contributed by atoms with Crippen molar-refractivity contribution in [3.8, 4) is 11.4 Å². The monoisotopic (exact) mass is 495 g/mol. The van der Waals surface area contributed by atoms with Crippen molar-refractivity contribution in [2.24, 2.45) is 12.8 Å². The summed E-state index contributed by atoms with van der Waals surface area (Å²) in [5.74, 6) is 0.744. The highest BCUT2D eigenvalue weighted by atomic mass is 35.5. The van der Waals surface area contributed by atoms with Crippen LogP contribution in [0.15, 0.2) is 65.5 Å². The summed E-state index contributed by atoms with van der Waals surface area (Å²) in [6.45, 7) is 0.535. The minimum absolute atomic E-state index is 0. The number of hydrogen-bond donors (Lipinski definition) is 1. The Bertz CT molecular complexity index is 1360. The number of benzene rings is 2. The van der Waals surface area contributed by atoms with Gasteiger partial charge in [-0.15, -0.1) is 12.4 Å². The molecular formula is C25H26ClN5O2S. The first kappa shape index (κ1) is 24.1. The lowest BCUT2D eigenvalue weighted by Gasteiger charge is -2.22. The second-order valence-electron chi connectivity index (χ2n) is 8.43. The smallest absolute Gasteiger partial charge is 0.281 e. The van der Waals surface area contributed by atoms with Crippen molar-refractivity contribution in [1.29, 1.82) is 0 Å². The molecule has 34 heavy (non-hydrogen) atoms. The number of carbonyl (C=O) groups excluding carboxylic acids is 1. The van der Waals surface area contributed by atoms with Crippen LogP contribution >= 0.6 is 23.7 Å². The number of nitrogens with two attached hydrogens (primary N) is 1. The molecule has 9 heteroatoms. The second-order valence-corrected chi connectivity index (χ2v) is 9.39. The highest BCUT2D eigenvalue weighted by Crippen LogP contribution is 2.33. The zero-order valence-electron chi connectivity index (χ0n) is 18.8. The predicted octanol–water partition coefficient (Wildman–Crippen LogP) is 3.59. The van der Waals surface area contributed by atoms with Crippen LogP contribution in [0.25, 0.3) is 21.7 Å². The molecule has 2 N–H and O–H groups in total. The summed E-state index contributed by atoms with van der Waals surface area (Å²) >= 11 is 1.35. The Labute approximate surface area is 207 Å². The van der Waals surface area contributed by atoms with Gasteiger partial charge >= 0.3 is 0 Å². The van der Waals surface area contributed by atoms with Crippen LogP contribution in [-0.2, 0) is 18.3 Å². The Balaban J connectivity index is 0.00000274. The van der Waals surface area contributed by atoms with Crippen molar-refractivity contribution in [2.75, 3.05) is 11.4 Å². The molecule has 5 rings (SSSR count). The standard InChI is InChI=1S/C25H25N5O2S.ClH/c1-29-22(17-10-6-3-7-11-17)28-23-21(24(29)32)27-25(33-23)30-15-18(26)14-19(30)20(31)13-12-16-8-4-2-5-9-16;/h2-11,18-19H,12-15,26H2,1H3;1H/t18-,19-;/m1./s1. The molecule has 4 aromatic rings. The Kier molecular flexibility index (Phi) is 7.11. The minimum Gasteiger partial charge on any atom is -0.336 e. The largest absolute Gasteiger partial charge is 0.336 e. The van der Waals surface area contributed by atoms with E-state index in [-0.39, 0.29) is 35.8 Å². The maximum atomic E-state index is 13.1. The summed E-state index contributed by atoms with van der Waals surface area (Å²) in [5, 5.41) is 0.630. The summed E-state index contributed by atoms with van der Waals surface area (Å²) < 4.78 is 1.53. The Hall–Kier alpha value is -3.07. The van der Waals surface area contributed by atoms with E-state index in [9.17, 15) is 9.59 Å². The molecule has 7 nitrogen and oxygen atoms in total. The number of ketones is 1. The van der Waals surface area contributed by atoms with Crippen molar-refractivity contribution < 1.29 is 4.79 Å². The summed E-state index contributed by atoms with van der Waals surface area (Å²) in [5.41, 5.74) is 8.38. The third-order valence-corrected chi connectivity index (χ3v) is 7.10. The minimum atomic E-state index is -0.332. The van der Waals surface area contributed by atoms with Crippen LogP contribution in [0.5, 0.6) is 0 Å². The molecule has 2 atom stereocenters. The van der Waals surface area contributed by atoms with Gasteiger partial charge in [0.05, 0.1) is 6.04 Å². The number of thiazole rings is 1. The molecule has 1 aliphatic rings. The molecule has 0 unspecified atom stereocenters. The van der Waals surface area contributed by atoms with E-state index in [1.165, 1.54) is 15.9 Å². The number of halogens is 1. The fourth-order valence-electron chi connectivity index (χ4n) is 4.37. The van der Waals surface area contributed by atoms with Gasteiger partial charge in [0.25, 0.3) is 5.56 Å². The van der Waals surface area contributed by atoms with E-state index < -0.39 is 0 Å². The first-order chi connectivity index (χ1) is 16.0. The van der Waals surface area contributed by atoms with Gasteiger partial charge in [0.15, 0.2) is 21.3 Å². The molecule has 176 valence electrons. The topological polar surface area (TPSA) is 94.1 Å². The van der Waals surface area contributed by atoms with Gasteiger partial charge < -0.3 is 10.6 Å². The summed E-state index contributed by atoms with van der Waals surface area (Å²) in [4.78, 5) is 38.1. The first-order valence-corrected chi connectivity index (χ1v) is 11.8. The lowest BCUT2D eigenvalue weighted by molar-refractivity contribution is -0.120. The van der Waals surface area contributed by atoms with Gasteiger partial charge in [0.2, 0.25) is 0 Å². The Morgan fingerprint density at radius 3 is 2.47 bits per heavy atom. The number of Topliss-reactive ketones (excluding diaryl/α,β-unsaturated/α-hetero) is 1. The molecule has 2 aromatic heterocycles. The number of anilines is 1. The number of aryl methyl sites for hydroxylation is 1. The molecule has 1 saturated heterocycles. The fraction of sp³-hybridized carbons (Fsp3) is 0.280. The summed E-state index contributed by atoms with van der Waals surface area (Å²) in [7, 11) is 1.71. The van der Waals surface area contributed by atoms with E-state index in [0.717, 1.165) is 11.1 Å². The van der Waals surface area contributed by atoms with Gasteiger partial charge in [-0.2, -0.15) is 0 Å². The van der Waals surface area contributed by atoms with Crippen molar-refractivity contribution >= 4 is 45.0 Å². The fourth-order valence-corrected chi connectivity index (χ4v) is 5.37. The third-order valence-electron chi connectivity index (χ3n) is 6.12. The number of fused-ring (bicyclic) bond motifs is 1. The molecule has 0 spiro atoms. The Morgan fingerprint density at radius 2 is 1.76 bits per heavy atom. The summed E-state index contributed by atoms with van der Waals surface area (Å²) in [6, 6.07) is 19.2. The van der Waals surface area contributed by atoms with Gasteiger partial charge in [0.1, 0.15) is 5.82 Å². The van der Waals surface area contributed by atoms with Gasteiger partial charge in [-0.25, -0.2) is 9.97 Å². The zero-order chi connectivity index (χ0) is 22.9. The van der Waals surface area contributed by atoms with Crippen LogP contribution in [0, 0.1) is 0 Å². The average molecular weight is 496 g/mol. The van der Waals surface area contributed by atoms with Gasteiger partial charge in [-0.05, 0) is 18.4 Å². The van der Waals surface area contributed by atoms with E-state index in [2.05, 4.69) is 4.98 Å². The Morgan fingerprint density at radius 1 is 1.09 bits per heavy atom. The molecule has 0 radical (unpaired) electrons. The van der Waals surface area contributed by atoms with E-state index >= 15 is 0 Å². The quantitative estimate of drug-likeness (QED) is 0.439. The number of aromatic nitrogens is 3. The zero-order valence-corrected chi connectivity index (χ0v) is 20.4. The molecule has 2 aromatic carbocycles. The second kappa shape index (κ2) is 10.0. The van der Waals surface area contributed by atoms with E-state index in [1.54, 1.807) is 7.05 Å². The van der Waals surface area contributed by atoms with Crippen LogP contribution in [0.2, 0.25) is 0 Å². The number of nitrogens with zero attached hydrogens (tertiary/aromatic N) is 4. The van der Waals surface area contributed by atoms with Crippen LogP contribution in [0.1, 0.15) is 18.4 Å². The molecule has 0 aliphatic carbocycles. The number of rotatable bonds is 6. The van der Waals surface area contributed by atoms with E-state index in [0.29, 0.717) is 47.1 Å². The third kappa shape index (κ3) is 4.61. The lowest BCUT2D eigenvalue weighted by atomic mass is 10.0. The molecule has 1 fully saturated rings. The highest BCUT2D eigenvalue weighted by molar-refractivity contribution is 7.21. The van der Waals surface area contributed by atoms with Crippen molar-refractivity contribution in [3.05, 3.63) is 76.6 Å². The predicted molar refractivity (Wildman–Crippen MR) is 139 cm³/mol. The molecule has 1 aliphatic heterocycles. The van der Waals surface area contributed by atoms with Crippen molar-refractivity contribution in [2.45, 2.75) is 31.3 Å². The molecular weight excluding hydrogens is 470 g/mol. The summed E-state index contributed by atoms with van der Waals surface area (Å²) in [6.07, 6.45) is 1.73. The molecule has 0 saturated carbocycles. The van der Waals surface area contributed by atoms with E-state index in [4.69, 9.17) is 10.7 Å². The number of carbonyl (C=O) groups is 1. The van der Waals surface area contributed by atoms with E-state index in [1.807, 2.05) is 65.6 Å². The SMILES string of the molecule is Cl.Cn1c(-c2ccccc2)nc2sc(N3C[C@H](N)C[C@@H]3C(=O)CCc3ccccc3)nc2c1=O. The maximum absolute atomic E-state index is 13.1. The highest BCUT2D eigenvalue weighted by Gasteiger charge is 2.36. The molecule has 3 heterocycles. The van der Waals surface area contributed by atoms with Crippen LogP contribution in [0.3, 0.4) is 0 Å². The number of hydrogen-bond acceptors (Lipinski definition) is 7. The average Bonchev–Trinajstić information content (AvgIpc) is 3.44. The maximum Gasteiger partial charge on any atom is 0.281 e.